The van der Waals surface area contributed by atoms with E-state index in [2.05, 4.69) is 21.4 Å². The minimum absolute atomic E-state index is 0.485. The molecule has 0 unspecified atom stereocenters. The molecule has 4 aromatic rings. The van der Waals surface area contributed by atoms with Gasteiger partial charge < -0.3 is 10.1 Å². The Morgan fingerprint density at radius 3 is 2.86 bits per heavy atom. The van der Waals surface area contributed by atoms with Crippen LogP contribution in [0.5, 0.6) is 5.75 Å². The van der Waals surface area contributed by atoms with Crippen molar-refractivity contribution in [1.82, 2.24) is 9.97 Å². The monoisotopic (exact) mass is 398 g/mol. The van der Waals surface area contributed by atoms with Crippen molar-refractivity contribution in [2.24, 2.45) is 0 Å². The molecule has 0 radical (unpaired) electrons. The Balaban J connectivity index is 1.53. The minimum Gasteiger partial charge on any atom is -0.494 e. The molecule has 0 atom stereocenters. The standard InChI is InChI=1S/C23H18N4OS/c1-2-28-20-8-5-16(6-9-20)22-15-29-23(27-22)18(13-24)14-26-19-7-10-21-17(12-19)4-3-11-25-21/h3-12,14-15,26H,2H2,1H3/b18-14+. The van der Waals surface area contributed by atoms with E-state index in [-0.39, 0.29) is 0 Å². The fourth-order valence-corrected chi connectivity index (χ4v) is 3.68. The number of benzene rings is 2. The first kappa shape index (κ1) is 18.7. The predicted molar refractivity (Wildman–Crippen MR) is 118 cm³/mol. The van der Waals surface area contributed by atoms with Crippen LogP contribution >= 0.6 is 11.3 Å². The average Bonchev–Trinajstić information content (AvgIpc) is 3.25. The van der Waals surface area contributed by atoms with E-state index in [1.807, 2.05) is 66.9 Å². The lowest BCUT2D eigenvalue weighted by Gasteiger charge is -2.04. The van der Waals surface area contributed by atoms with Crippen molar-refractivity contribution in [2.75, 3.05) is 11.9 Å². The summed E-state index contributed by atoms with van der Waals surface area (Å²) in [4.78, 5) is 8.94. The highest BCUT2D eigenvalue weighted by atomic mass is 32.1. The summed E-state index contributed by atoms with van der Waals surface area (Å²) in [6, 6.07) is 19.8. The highest BCUT2D eigenvalue weighted by Gasteiger charge is 2.09. The van der Waals surface area contributed by atoms with Crippen molar-refractivity contribution in [3.8, 4) is 23.1 Å². The minimum atomic E-state index is 0.485. The van der Waals surface area contributed by atoms with Gasteiger partial charge in [-0.05, 0) is 55.5 Å². The van der Waals surface area contributed by atoms with Crippen molar-refractivity contribution >= 4 is 33.5 Å². The lowest BCUT2D eigenvalue weighted by atomic mass is 10.2. The van der Waals surface area contributed by atoms with Gasteiger partial charge in [0.05, 0.1) is 17.8 Å². The number of anilines is 1. The Labute approximate surface area is 172 Å². The van der Waals surface area contributed by atoms with E-state index in [9.17, 15) is 5.26 Å². The first-order chi connectivity index (χ1) is 14.3. The largest absolute Gasteiger partial charge is 0.494 e. The van der Waals surface area contributed by atoms with Crippen LogP contribution in [-0.2, 0) is 0 Å². The van der Waals surface area contributed by atoms with E-state index in [4.69, 9.17) is 4.74 Å². The van der Waals surface area contributed by atoms with Gasteiger partial charge in [-0.2, -0.15) is 5.26 Å². The maximum atomic E-state index is 9.59. The van der Waals surface area contributed by atoms with Crippen LogP contribution in [0.3, 0.4) is 0 Å². The summed E-state index contributed by atoms with van der Waals surface area (Å²) in [5.74, 6) is 0.832. The van der Waals surface area contributed by atoms with E-state index in [0.717, 1.165) is 33.6 Å². The van der Waals surface area contributed by atoms with Crippen LogP contribution in [0.4, 0.5) is 5.69 Å². The number of ether oxygens (including phenoxy) is 1. The molecular formula is C23H18N4OS. The van der Waals surface area contributed by atoms with Crippen LogP contribution in [0, 0.1) is 11.3 Å². The SMILES string of the molecule is CCOc1ccc(-c2csc(/C(C#N)=C/Nc3ccc4ncccc4c3)n2)cc1. The van der Waals surface area contributed by atoms with Crippen molar-refractivity contribution in [3.63, 3.8) is 0 Å². The van der Waals surface area contributed by atoms with Gasteiger partial charge in [0.15, 0.2) is 0 Å². The fraction of sp³-hybridized carbons (Fsp3) is 0.0870. The molecule has 2 aromatic heterocycles. The number of pyridine rings is 1. The molecule has 6 heteroatoms. The molecule has 0 saturated carbocycles. The molecular weight excluding hydrogens is 380 g/mol. The molecule has 0 fully saturated rings. The lowest BCUT2D eigenvalue weighted by molar-refractivity contribution is 0.340. The summed E-state index contributed by atoms with van der Waals surface area (Å²) in [5.41, 5.74) is 4.14. The molecule has 2 aromatic carbocycles. The number of nitrogens with one attached hydrogen (secondary N) is 1. The van der Waals surface area contributed by atoms with Crippen LogP contribution in [-0.4, -0.2) is 16.6 Å². The third-order valence-corrected chi connectivity index (χ3v) is 5.18. The Hall–Kier alpha value is -3.69. The lowest BCUT2D eigenvalue weighted by Crippen LogP contribution is -1.92. The summed E-state index contributed by atoms with van der Waals surface area (Å²) < 4.78 is 5.48. The highest BCUT2D eigenvalue weighted by molar-refractivity contribution is 7.11. The van der Waals surface area contributed by atoms with Gasteiger partial charge in [0.2, 0.25) is 0 Å². The predicted octanol–water partition coefficient (Wildman–Crippen LogP) is 5.73. The van der Waals surface area contributed by atoms with Gasteiger partial charge in [0.25, 0.3) is 0 Å². The first-order valence-electron chi connectivity index (χ1n) is 9.17. The molecule has 2 heterocycles. The molecule has 4 rings (SSSR count). The summed E-state index contributed by atoms with van der Waals surface area (Å²) in [7, 11) is 0. The number of hydrogen-bond donors (Lipinski definition) is 1. The molecule has 0 spiro atoms. The van der Waals surface area contributed by atoms with E-state index < -0.39 is 0 Å². The van der Waals surface area contributed by atoms with Crippen LogP contribution in [0.1, 0.15) is 11.9 Å². The Morgan fingerprint density at radius 2 is 2.07 bits per heavy atom. The van der Waals surface area contributed by atoms with Crippen LogP contribution in [0.15, 0.2) is 72.4 Å². The summed E-state index contributed by atoms with van der Waals surface area (Å²) in [6.45, 7) is 2.59. The van der Waals surface area contributed by atoms with Crippen LogP contribution in [0.2, 0.25) is 0 Å². The zero-order chi connectivity index (χ0) is 20.1. The fourth-order valence-electron chi connectivity index (χ4n) is 2.88. The van der Waals surface area contributed by atoms with Gasteiger partial charge in [0.1, 0.15) is 22.4 Å². The molecule has 0 amide bonds. The molecule has 0 aliphatic heterocycles. The zero-order valence-corrected chi connectivity index (χ0v) is 16.6. The molecule has 142 valence electrons. The van der Waals surface area contributed by atoms with Crippen LogP contribution < -0.4 is 10.1 Å². The summed E-state index contributed by atoms with van der Waals surface area (Å²) in [6.07, 6.45) is 3.46. The zero-order valence-electron chi connectivity index (χ0n) is 15.8. The molecule has 0 aliphatic carbocycles. The van der Waals surface area contributed by atoms with Gasteiger partial charge in [-0.15, -0.1) is 11.3 Å². The van der Waals surface area contributed by atoms with Gasteiger partial charge >= 0.3 is 0 Å². The number of nitriles is 1. The van der Waals surface area contributed by atoms with E-state index in [1.54, 1.807) is 12.4 Å². The quantitative estimate of drug-likeness (QED) is 0.420. The average molecular weight is 398 g/mol. The maximum Gasteiger partial charge on any atom is 0.136 e. The number of allylic oxidation sites excluding steroid dienone is 1. The molecule has 0 aliphatic rings. The molecule has 0 bridgehead atoms. The molecule has 1 N–H and O–H groups in total. The maximum absolute atomic E-state index is 9.59. The van der Waals surface area contributed by atoms with Crippen molar-refractivity contribution in [1.29, 1.82) is 5.26 Å². The molecule has 5 nitrogen and oxygen atoms in total. The van der Waals surface area contributed by atoms with E-state index in [0.29, 0.717) is 17.2 Å². The Kier molecular flexibility index (Phi) is 5.50. The number of nitrogens with zero attached hydrogens (tertiary/aromatic N) is 3. The van der Waals surface area contributed by atoms with E-state index >= 15 is 0 Å². The molecule has 0 saturated heterocycles. The molecule has 29 heavy (non-hydrogen) atoms. The Bertz CT molecular complexity index is 1210. The third kappa shape index (κ3) is 4.26. The van der Waals surface area contributed by atoms with Gasteiger partial charge in [-0.25, -0.2) is 4.98 Å². The third-order valence-electron chi connectivity index (χ3n) is 4.30. The van der Waals surface area contributed by atoms with Crippen molar-refractivity contribution in [3.05, 3.63) is 77.4 Å². The second-order valence-electron chi connectivity index (χ2n) is 6.22. The van der Waals surface area contributed by atoms with E-state index in [1.165, 1.54) is 11.3 Å². The number of thiazole rings is 1. The normalized spacial score (nSPS) is 11.2. The van der Waals surface area contributed by atoms with Gasteiger partial charge in [0, 0.05) is 34.4 Å². The van der Waals surface area contributed by atoms with Crippen molar-refractivity contribution < 1.29 is 4.74 Å². The smallest absolute Gasteiger partial charge is 0.136 e. The number of fused-ring (bicyclic) bond motifs is 1. The van der Waals surface area contributed by atoms with Gasteiger partial charge in [-0.3, -0.25) is 4.98 Å². The van der Waals surface area contributed by atoms with Crippen LogP contribution in [0.25, 0.3) is 27.7 Å². The second kappa shape index (κ2) is 8.55. The topological polar surface area (TPSA) is 70.8 Å². The number of hydrogen-bond acceptors (Lipinski definition) is 6. The second-order valence-corrected chi connectivity index (χ2v) is 7.08. The first-order valence-corrected chi connectivity index (χ1v) is 10.1. The summed E-state index contributed by atoms with van der Waals surface area (Å²) in [5, 5.41) is 16.4. The number of aromatic nitrogens is 2. The number of rotatable bonds is 6. The van der Waals surface area contributed by atoms with Gasteiger partial charge in [-0.1, -0.05) is 6.07 Å². The summed E-state index contributed by atoms with van der Waals surface area (Å²) >= 11 is 1.45. The van der Waals surface area contributed by atoms with Crippen molar-refractivity contribution in [2.45, 2.75) is 6.92 Å². The Morgan fingerprint density at radius 1 is 1.21 bits per heavy atom. The highest BCUT2D eigenvalue weighted by Crippen LogP contribution is 2.27.